The van der Waals surface area contributed by atoms with Crippen LogP contribution >= 0.6 is 0 Å². The van der Waals surface area contributed by atoms with Gasteiger partial charge in [0.2, 0.25) is 0 Å². The van der Waals surface area contributed by atoms with Gasteiger partial charge in [-0.2, -0.15) is 0 Å². The number of pyridine rings is 2. The van der Waals surface area contributed by atoms with E-state index in [4.69, 9.17) is 4.98 Å². The number of carbonyl (C=O) groups is 1. The van der Waals surface area contributed by atoms with Crippen LogP contribution in [-0.2, 0) is 11.3 Å². The summed E-state index contributed by atoms with van der Waals surface area (Å²) in [5.41, 5.74) is 7.82. The second-order valence-corrected chi connectivity index (χ2v) is 9.39. The first-order valence-corrected chi connectivity index (χ1v) is 12.5. The molecule has 0 spiro atoms. The molecule has 0 atom stereocenters. The first-order valence-electron chi connectivity index (χ1n) is 12.5. The summed E-state index contributed by atoms with van der Waals surface area (Å²) in [5.74, 6) is 0.271. The predicted molar refractivity (Wildman–Crippen MR) is 152 cm³/mol. The summed E-state index contributed by atoms with van der Waals surface area (Å²) in [5, 5.41) is 4.20. The van der Waals surface area contributed by atoms with Crippen molar-refractivity contribution >= 4 is 28.5 Å². The summed E-state index contributed by atoms with van der Waals surface area (Å²) >= 11 is 0. The van der Waals surface area contributed by atoms with Crippen LogP contribution in [0.25, 0.3) is 33.7 Å². The molecule has 4 heteroatoms. The maximum atomic E-state index is 13.4. The van der Waals surface area contributed by atoms with Crippen molar-refractivity contribution in [1.29, 1.82) is 0 Å². The van der Waals surface area contributed by atoms with E-state index in [1.807, 2.05) is 72.9 Å². The van der Waals surface area contributed by atoms with E-state index in [0.717, 1.165) is 38.7 Å². The Morgan fingerprint density at radius 2 is 1.68 bits per heavy atom. The van der Waals surface area contributed by atoms with Crippen LogP contribution in [0.2, 0.25) is 0 Å². The normalized spacial score (nSPS) is 11.6. The Morgan fingerprint density at radius 1 is 0.865 bits per heavy atom. The van der Waals surface area contributed by atoms with Gasteiger partial charge >= 0.3 is 0 Å². The lowest BCUT2D eigenvalue weighted by atomic mass is 9.93. The Bertz CT molecular complexity index is 1560. The molecule has 2 heterocycles. The highest BCUT2D eigenvalue weighted by Crippen LogP contribution is 2.32. The van der Waals surface area contributed by atoms with Gasteiger partial charge in [-0.15, -0.1) is 0 Å². The third-order valence-corrected chi connectivity index (χ3v) is 6.43. The minimum absolute atomic E-state index is 0.130. The molecule has 0 unspecified atom stereocenters. The molecule has 2 aromatic heterocycles. The van der Waals surface area contributed by atoms with E-state index < -0.39 is 0 Å². The number of rotatable bonds is 7. The molecule has 0 radical (unpaired) electrons. The van der Waals surface area contributed by atoms with Gasteiger partial charge in [-0.3, -0.25) is 14.8 Å². The second kappa shape index (κ2) is 11.0. The third kappa shape index (κ3) is 5.65. The summed E-state index contributed by atoms with van der Waals surface area (Å²) < 4.78 is 0. The zero-order valence-electron chi connectivity index (χ0n) is 21.1. The highest BCUT2D eigenvalue weighted by atomic mass is 16.1. The maximum Gasteiger partial charge on any atom is 0.252 e. The molecule has 5 rings (SSSR count). The maximum absolute atomic E-state index is 13.4. The molecule has 4 nitrogen and oxygen atoms in total. The highest BCUT2D eigenvalue weighted by Gasteiger charge is 2.14. The van der Waals surface area contributed by atoms with Crippen molar-refractivity contribution in [1.82, 2.24) is 15.3 Å². The standard InChI is InChI=1S/C33H29N3O/c1-23(2)29-20-28-12-7-15-35-32(28)30(21-29)27-11-6-10-25(18-27)19-31(26-13-16-34-17-14-26)33(37)36-22-24-8-4-3-5-9-24/h3-21,23H,22H2,1-2H3,(H,36,37)/b31-19+. The summed E-state index contributed by atoms with van der Waals surface area (Å²) in [6.45, 7) is 4.87. The molecule has 0 bridgehead atoms. The van der Waals surface area contributed by atoms with E-state index in [-0.39, 0.29) is 5.91 Å². The first kappa shape index (κ1) is 24.1. The first-order chi connectivity index (χ1) is 18.1. The van der Waals surface area contributed by atoms with Crippen LogP contribution in [0, 0.1) is 0 Å². The number of hydrogen-bond donors (Lipinski definition) is 1. The number of hydrogen-bond acceptors (Lipinski definition) is 3. The minimum atomic E-state index is -0.130. The lowest BCUT2D eigenvalue weighted by Gasteiger charge is -2.13. The Hall–Kier alpha value is -4.57. The lowest BCUT2D eigenvalue weighted by Crippen LogP contribution is -2.23. The van der Waals surface area contributed by atoms with Crippen LogP contribution in [0.3, 0.4) is 0 Å². The van der Waals surface area contributed by atoms with Gasteiger partial charge in [-0.25, -0.2) is 0 Å². The highest BCUT2D eigenvalue weighted by molar-refractivity contribution is 6.24. The number of benzene rings is 3. The van der Waals surface area contributed by atoms with Gasteiger partial charge < -0.3 is 5.32 Å². The Balaban J connectivity index is 1.54. The SMILES string of the molecule is CC(C)c1cc(-c2cccc(/C=C(/C(=O)NCc3ccccc3)c3ccncc3)c2)c2ncccc2c1. The van der Waals surface area contributed by atoms with E-state index in [2.05, 4.69) is 54.5 Å². The summed E-state index contributed by atoms with van der Waals surface area (Å²) in [7, 11) is 0. The van der Waals surface area contributed by atoms with Crippen molar-refractivity contribution in [3.8, 4) is 11.1 Å². The molecule has 0 saturated carbocycles. The molecule has 0 aliphatic rings. The molecule has 3 aromatic carbocycles. The molecule has 0 aliphatic carbocycles. The molecule has 1 N–H and O–H groups in total. The smallest absolute Gasteiger partial charge is 0.252 e. The number of nitrogens with one attached hydrogen (secondary N) is 1. The van der Waals surface area contributed by atoms with Gasteiger partial charge in [-0.1, -0.05) is 68.4 Å². The van der Waals surface area contributed by atoms with Crippen LogP contribution in [0.5, 0.6) is 0 Å². The monoisotopic (exact) mass is 483 g/mol. The number of aromatic nitrogens is 2. The van der Waals surface area contributed by atoms with Crippen LogP contribution in [0.4, 0.5) is 0 Å². The van der Waals surface area contributed by atoms with E-state index in [9.17, 15) is 4.79 Å². The van der Waals surface area contributed by atoms with E-state index in [0.29, 0.717) is 18.0 Å². The van der Waals surface area contributed by atoms with E-state index in [1.54, 1.807) is 12.4 Å². The average Bonchev–Trinajstić information content (AvgIpc) is 2.95. The Morgan fingerprint density at radius 3 is 2.46 bits per heavy atom. The lowest BCUT2D eigenvalue weighted by molar-refractivity contribution is -0.115. The Kier molecular flexibility index (Phi) is 7.18. The molecular formula is C33H29N3O. The average molecular weight is 484 g/mol. The topological polar surface area (TPSA) is 54.9 Å². The van der Waals surface area contributed by atoms with Crippen molar-refractivity contribution in [3.63, 3.8) is 0 Å². The summed E-state index contributed by atoms with van der Waals surface area (Å²) in [6, 6.07) is 30.5. The Labute approximate surface area is 217 Å². The molecule has 0 aliphatic heterocycles. The van der Waals surface area contributed by atoms with Crippen LogP contribution in [0.15, 0.2) is 110 Å². The number of amides is 1. The second-order valence-electron chi connectivity index (χ2n) is 9.39. The van der Waals surface area contributed by atoms with E-state index in [1.165, 1.54) is 5.56 Å². The fraction of sp³-hybridized carbons (Fsp3) is 0.121. The van der Waals surface area contributed by atoms with Gasteiger partial charge in [0.05, 0.1) is 5.52 Å². The zero-order chi connectivity index (χ0) is 25.6. The predicted octanol–water partition coefficient (Wildman–Crippen LogP) is 7.28. The fourth-order valence-electron chi connectivity index (χ4n) is 4.42. The van der Waals surface area contributed by atoms with Gasteiger partial charge in [0.15, 0.2) is 0 Å². The third-order valence-electron chi connectivity index (χ3n) is 6.43. The van der Waals surface area contributed by atoms with Crippen molar-refractivity contribution in [2.75, 3.05) is 0 Å². The van der Waals surface area contributed by atoms with Gasteiger partial charge in [-0.05, 0) is 76.2 Å². The summed E-state index contributed by atoms with van der Waals surface area (Å²) in [4.78, 5) is 22.2. The quantitative estimate of drug-likeness (QED) is 0.248. The summed E-state index contributed by atoms with van der Waals surface area (Å²) in [6.07, 6.45) is 7.20. The number of nitrogens with zero attached hydrogens (tertiary/aromatic N) is 2. The molecule has 182 valence electrons. The molecule has 0 fully saturated rings. The molecule has 37 heavy (non-hydrogen) atoms. The molecule has 1 amide bonds. The van der Waals surface area contributed by atoms with Crippen molar-refractivity contribution in [2.24, 2.45) is 0 Å². The fourth-order valence-corrected chi connectivity index (χ4v) is 4.42. The number of carbonyl (C=O) groups excluding carboxylic acids is 1. The van der Waals surface area contributed by atoms with E-state index >= 15 is 0 Å². The molecule has 0 saturated heterocycles. The van der Waals surface area contributed by atoms with Gasteiger partial charge in [0.1, 0.15) is 0 Å². The zero-order valence-corrected chi connectivity index (χ0v) is 21.1. The minimum Gasteiger partial charge on any atom is -0.348 e. The largest absolute Gasteiger partial charge is 0.348 e. The molecule has 5 aromatic rings. The van der Waals surface area contributed by atoms with Crippen molar-refractivity contribution in [3.05, 3.63) is 132 Å². The number of fused-ring (bicyclic) bond motifs is 1. The van der Waals surface area contributed by atoms with Gasteiger partial charge in [0.25, 0.3) is 5.91 Å². The van der Waals surface area contributed by atoms with Crippen LogP contribution in [0.1, 0.15) is 42.0 Å². The van der Waals surface area contributed by atoms with Gasteiger partial charge in [0, 0.05) is 41.7 Å². The van der Waals surface area contributed by atoms with Crippen molar-refractivity contribution in [2.45, 2.75) is 26.3 Å². The molecular weight excluding hydrogens is 454 g/mol. The van der Waals surface area contributed by atoms with Crippen LogP contribution in [-0.4, -0.2) is 15.9 Å². The van der Waals surface area contributed by atoms with Crippen molar-refractivity contribution < 1.29 is 4.79 Å². The van der Waals surface area contributed by atoms with Crippen LogP contribution < -0.4 is 5.32 Å².